The Hall–Kier alpha value is -1.18. The maximum absolute atomic E-state index is 5.41. The van der Waals surface area contributed by atoms with Gasteiger partial charge in [-0.25, -0.2) is 0 Å². The highest BCUT2D eigenvalue weighted by Crippen LogP contribution is 2.17. The highest BCUT2D eigenvalue weighted by Gasteiger charge is 1.95. The van der Waals surface area contributed by atoms with Crippen molar-refractivity contribution in [1.82, 2.24) is 0 Å². The third-order valence-electron chi connectivity index (χ3n) is 1.77. The minimum atomic E-state index is 0.682. The fraction of sp³-hybridized carbons (Fsp3) is 0.364. The van der Waals surface area contributed by atoms with Crippen molar-refractivity contribution in [2.24, 2.45) is 0 Å². The summed E-state index contributed by atoms with van der Waals surface area (Å²) in [6.07, 6.45) is 0.801. The van der Waals surface area contributed by atoms with E-state index in [0.717, 1.165) is 12.2 Å². The SMILES string of the molecule is [CH2]CCOc1ccc(N(C)C)cc1. The summed E-state index contributed by atoms with van der Waals surface area (Å²) in [6.45, 7) is 4.40. The van der Waals surface area contributed by atoms with Crippen LogP contribution in [0, 0.1) is 6.92 Å². The smallest absolute Gasteiger partial charge is 0.119 e. The first kappa shape index (κ1) is 9.90. The van der Waals surface area contributed by atoms with Crippen LogP contribution in [0.1, 0.15) is 6.42 Å². The van der Waals surface area contributed by atoms with Crippen molar-refractivity contribution < 1.29 is 4.74 Å². The van der Waals surface area contributed by atoms with Crippen molar-refractivity contribution in [1.29, 1.82) is 0 Å². The lowest BCUT2D eigenvalue weighted by Crippen LogP contribution is -2.08. The highest BCUT2D eigenvalue weighted by atomic mass is 16.5. The van der Waals surface area contributed by atoms with Crippen LogP contribution in [0.2, 0.25) is 0 Å². The zero-order chi connectivity index (χ0) is 9.68. The van der Waals surface area contributed by atoms with E-state index in [9.17, 15) is 0 Å². The Balaban J connectivity index is 2.59. The minimum Gasteiger partial charge on any atom is -0.494 e. The molecule has 0 heterocycles. The molecule has 0 aromatic heterocycles. The van der Waals surface area contributed by atoms with Crippen LogP contribution >= 0.6 is 0 Å². The van der Waals surface area contributed by atoms with Crippen molar-refractivity contribution in [3.05, 3.63) is 31.2 Å². The summed E-state index contributed by atoms with van der Waals surface area (Å²) < 4.78 is 5.41. The van der Waals surface area contributed by atoms with Crippen LogP contribution in [0.25, 0.3) is 0 Å². The monoisotopic (exact) mass is 178 g/mol. The summed E-state index contributed by atoms with van der Waals surface area (Å²) in [5.74, 6) is 0.911. The lowest BCUT2D eigenvalue weighted by atomic mass is 10.3. The molecule has 1 rings (SSSR count). The summed E-state index contributed by atoms with van der Waals surface area (Å²) in [5, 5.41) is 0. The largest absolute Gasteiger partial charge is 0.494 e. The summed E-state index contributed by atoms with van der Waals surface area (Å²) in [7, 11) is 4.04. The molecule has 0 amide bonds. The molecular weight excluding hydrogens is 162 g/mol. The van der Waals surface area contributed by atoms with E-state index in [-0.39, 0.29) is 0 Å². The van der Waals surface area contributed by atoms with Crippen molar-refractivity contribution in [3.63, 3.8) is 0 Å². The van der Waals surface area contributed by atoms with Crippen LogP contribution in [-0.2, 0) is 0 Å². The Bertz CT molecular complexity index is 241. The number of ether oxygens (including phenoxy) is 1. The normalized spacial score (nSPS) is 9.77. The molecule has 1 aromatic rings. The van der Waals surface area contributed by atoms with Gasteiger partial charge in [0.15, 0.2) is 0 Å². The zero-order valence-electron chi connectivity index (χ0n) is 8.29. The molecule has 0 aliphatic heterocycles. The fourth-order valence-electron chi connectivity index (χ4n) is 1.03. The first-order valence-electron chi connectivity index (χ1n) is 4.43. The Morgan fingerprint density at radius 1 is 1.23 bits per heavy atom. The van der Waals surface area contributed by atoms with E-state index < -0.39 is 0 Å². The third-order valence-corrected chi connectivity index (χ3v) is 1.77. The van der Waals surface area contributed by atoms with Crippen molar-refractivity contribution >= 4 is 5.69 Å². The van der Waals surface area contributed by atoms with Gasteiger partial charge in [0.25, 0.3) is 0 Å². The Morgan fingerprint density at radius 2 is 1.85 bits per heavy atom. The van der Waals surface area contributed by atoms with Crippen LogP contribution in [0.15, 0.2) is 24.3 Å². The lowest BCUT2D eigenvalue weighted by molar-refractivity contribution is 0.324. The molecule has 0 spiro atoms. The van der Waals surface area contributed by atoms with Gasteiger partial charge >= 0.3 is 0 Å². The Labute approximate surface area is 80.1 Å². The second kappa shape index (κ2) is 4.75. The molecule has 1 radical (unpaired) electrons. The number of rotatable bonds is 4. The molecule has 2 nitrogen and oxygen atoms in total. The second-order valence-corrected chi connectivity index (χ2v) is 3.09. The number of benzene rings is 1. The Kier molecular flexibility index (Phi) is 3.62. The van der Waals surface area contributed by atoms with Crippen LogP contribution < -0.4 is 9.64 Å². The van der Waals surface area contributed by atoms with E-state index in [4.69, 9.17) is 4.74 Å². The minimum absolute atomic E-state index is 0.682. The van der Waals surface area contributed by atoms with Gasteiger partial charge in [0, 0.05) is 19.8 Å². The quantitative estimate of drug-likeness (QED) is 0.701. The van der Waals surface area contributed by atoms with Gasteiger partial charge in [-0.05, 0) is 37.6 Å². The van der Waals surface area contributed by atoms with Crippen molar-refractivity contribution in [2.75, 3.05) is 25.6 Å². The topological polar surface area (TPSA) is 12.5 Å². The average molecular weight is 178 g/mol. The van der Waals surface area contributed by atoms with Gasteiger partial charge < -0.3 is 9.64 Å². The van der Waals surface area contributed by atoms with E-state index in [1.807, 2.05) is 38.4 Å². The molecular formula is C11H16NO. The Morgan fingerprint density at radius 3 is 2.31 bits per heavy atom. The van der Waals surface area contributed by atoms with Crippen molar-refractivity contribution in [3.8, 4) is 5.75 Å². The van der Waals surface area contributed by atoms with Crippen LogP contribution in [0.3, 0.4) is 0 Å². The zero-order valence-corrected chi connectivity index (χ0v) is 8.29. The van der Waals surface area contributed by atoms with Gasteiger partial charge in [-0.2, -0.15) is 0 Å². The maximum atomic E-state index is 5.41. The van der Waals surface area contributed by atoms with E-state index in [1.54, 1.807) is 0 Å². The molecule has 0 saturated heterocycles. The number of hydrogen-bond acceptors (Lipinski definition) is 2. The van der Waals surface area contributed by atoms with Gasteiger partial charge in [-0.1, -0.05) is 0 Å². The van der Waals surface area contributed by atoms with Gasteiger partial charge in [0.2, 0.25) is 0 Å². The average Bonchev–Trinajstić information content (AvgIpc) is 2.15. The first-order valence-corrected chi connectivity index (χ1v) is 4.43. The molecule has 0 bridgehead atoms. The molecule has 0 saturated carbocycles. The summed E-state index contributed by atoms with van der Waals surface area (Å²) in [5.41, 5.74) is 1.18. The lowest BCUT2D eigenvalue weighted by Gasteiger charge is -2.12. The standard InChI is InChI=1S/C11H16NO/c1-4-9-13-11-7-5-10(6-8-11)12(2)3/h5-8H,1,4,9H2,2-3H3. The van der Waals surface area contributed by atoms with Gasteiger partial charge in [0.05, 0.1) is 6.61 Å². The number of nitrogens with zero attached hydrogens (tertiary/aromatic N) is 1. The molecule has 0 atom stereocenters. The molecule has 2 heteroatoms. The molecule has 0 aliphatic rings. The van der Waals surface area contributed by atoms with E-state index in [0.29, 0.717) is 6.61 Å². The first-order chi connectivity index (χ1) is 6.24. The van der Waals surface area contributed by atoms with E-state index in [1.165, 1.54) is 5.69 Å². The summed E-state index contributed by atoms with van der Waals surface area (Å²) >= 11 is 0. The molecule has 0 N–H and O–H groups in total. The highest BCUT2D eigenvalue weighted by molar-refractivity contribution is 5.47. The summed E-state index contributed by atoms with van der Waals surface area (Å²) in [4.78, 5) is 2.06. The van der Waals surface area contributed by atoms with Crippen LogP contribution in [-0.4, -0.2) is 20.7 Å². The fourth-order valence-corrected chi connectivity index (χ4v) is 1.03. The van der Waals surface area contributed by atoms with E-state index >= 15 is 0 Å². The molecule has 1 aromatic carbocycles. The van der Waals surface area contributed by atoms with E-state index in [2.05, 4.69) is 11.8 Å². The van der Waals surface area contributed by atoms with Crippen LogP contribution in [0.4, 0.5) is 5.69 Å². The molecule has 13 heavy (non-hydrogen) atoms. The molecule has 0 unspecified atom stereocenters. The van der Waals surface area contributed by atoms with Gasteiger partial charge in [0.1, 0.15) is 5.75 Å². The second-order valence-electron chi connectivity index (χ2n) is 3.09. The predicted molar refractivity (Wildman–Crippen MR) is 56.2 cm³/mol. The maximum Gasteiger partial charge on any atom is 0.119 e. The predicted octanol–water partition coefficient (Wildman–Crippen LogP) is 2.36. The molecule has 0 fully saturated rings. The van der Waals surface area contributed by atoms with Gasteiger partial charge in [-0.3, -0.25) is 0 Å². The van der Waals surface area contributed by atoms with Gasteiger partial charge in [-0.15, -0.1) is 0 Å². The summed E-state index contributed by atoms with van der Waals surface area (Å²) in [6, 6.07) is 8.03. The van der Waals surface area contributed by atoms with Crippen molar-refractivity contribution in [2.45, 2.75) is 6.42 Å². The molecule has 0 aliphatic carbocycles. The number of hydrogen-bond donors (Lipinski definition) is 0. The van der Waals surface area contributed by atoms with Crippen LogP contribution in [0.5, 0.6) is 5.75 Å². The third kappa shape index (κ3) is 2.98. The number of anilines is 1. The molecule has 71 valence electrons.